The van der Waals surface area contributed by atoms with E-state index in [-0.39, 0.29) is 49.1 Å². The van der Waals surface area contributed by atoms with Crippen molar-refractivity contribution < 1.29 is 61.9 Å². The first-order valence-electron chi connectivity index (χ1n) is 13.4. The standard InChI is InChI=1S/C30H30O13/c1-3-25(32)36-14-4-5-15-37-30(35)42-22-12-8-19(9-13-22)28(33)41-21-10-6-20(7-11-21)29(34)43-24-17-39-26-23(40-18(2)31)16-38-27(24)26/h3,6-13,23-24,26-27H,1,4-5,14-17H2,2H3/t23?,24-,26?,27?/m1/s1. The fraction of sp³-hybridized carbons (Fsp3) is 0.367. The molecule has 2 aliphatic rings. The minimum absolute atomic E-state index is 0.0772. The van der Waals surface area contributed by atoms with Gasteiger partial charge in [0, 0.05) is 13.0 Å². The lowest BCUT2D eigenvalue weighted by molar-refractivity contribution is -0.151. The van der Waals surface area contributed by atoms with E-state index in [0.717, 1.165) is 6.08 Å². The summed E-state index contributed by atoms with van der Waals surface area (Å²) in [6, 6.07) is 11.4. The van der Waals surface area contributed by atoms with Crippen molar-refractivity contribution >= 4 is 30.0 Å². The number of benzene rings is 2. The van der Waals surface area contributed by atoms with Crippen LogP contribution in [0.4, 0.5) is 4.79 Å². The van der Waals surface area contributed by atoms with E-state index in [2.05, 4.69) is 6.58 Å². The summed E-state index contributed by atoms with van der Waals surface area (Å²) in [6.07, 6.45) is -1.13. The number of unbranched alkanes of at least 4 members (excludes halogenated alkanes) is 1. The van der Waals surface area contributed by atoms with Crippen molar-refractivity contribution in [1.82, 2.24) is 0 Å². The van der Waals surface area contributed by atoms with E-state index in [0.29, 0.717) is 12.8 Å². The van der Waals surface area contributed by atoms with Crippen LogP contribution in [0.3, 0.4) is 0 Å². The second-order valence-electron chi connectivity index (χ2n) is 9.41. The van der Waals surface area contributed by atoms with Gasteiger partial charge in [0.25, 0.3) is 0 Å². The molecule has 0 spiro atoms. The van der Waals surface area contributed by atoms with Crippen molar-refractivity contribution in [2.24, 2.45) is 0 Å². The highest BCUT2D eigenvalue weighted by atomic mass is 16.7. The van der Waals surface area contributed by atoms with Gasteiger partial charge in [0.15, 0.2) is 12.2 Å². The largest absolute Gasteiger partial charge is 0.513 e. The summed E-state index contributed by atoms with van der Waals surface area (Å²) in [4.78, 5) is 59.2. The lowest BCUT2D eigenvalue weighted by Gasteiger charge is -2.17. The van der Waals surface area contributed by atoms with Crippen LogP contribution >= 0.6 is 0 Å². The Labute approximate surface area is 246 Å². The Bertz CT molecular complexity index is 1320. The molecule has 2 saturated heterocycles. The molecule has 3 unspecified atom stereocenters. The number of ether oxygens (including phenoxy) is 8. The third-order valence-electron chi connectivity index (χ3n) is 6.30. The summed E-state index contributed by atoms with van der Waals surface area (Å²) in [5.41, 5.74) is 0.417. The van der Waals surface area contributed by atoms with Gasteiger partial charge in [0.05, 0.1) is 37.6 Å². The van der Waals surface area contributed by atoms with Gasteiger partial charge in [-0.1, -0.05) is 6.58 Å². The third kappa shape index (κ3) is 8.87. The van der Waals surface area contributed by atoms with Crippen LogP contribution in [0.1, 0.15) is 40.5 Å². The van der Waals surface area contributed by atoms with E-state index in [9.17, 15) is 24.0 Å². The highest BCUT2D eigenvalue weighted by molar-refractivity contribution is 5.92. The Kier molecular flexibility index (Phi) is 10.8. The molecule has 228 valence electrons. The van der Waals surface area contributed by atoms with Crippen molar-refractivity contribution in [3.63, 3.8) is 0 Å². The quantitative estimate of drug-likeness (QED) is 0.0876. The topological polar surface area (TPSA) is 159 Å². The molecule has 43 heavy (non-hydrogen) atoms. The normalized spacial score (nSPS) is 20.3. The molecule has 0 radical (unpaired) electrons. The molecule has 13 nitrogen and oxygen atoms in total. The van der Waals surface area contributed by atoms with Gasteiger partial charge in [-0.3, -0.25) is 4.79 Å². The number of carbonyl (C=O) groups excluding carboxylic acids is 5. The molecule has 0 aromatic heterocycles. The van der Waals surface area contributed by atoms with Crippen molar-refractivity contribution in [3.8, 4) is 11.5 Å². The van der Waals surface area contributed by atoms with Gasteiger partial charge in [0.1, 0.15) is 23.7 Å². The van der Waals surface area contributed by atoms with Crippen molar-refractivity contribution in [1.29, 1.82) is 0 Å². The lowest BCUT2D eigenvalue weighted by atomic mass is 10.1. The van der Waals surface area contributed by atoms with Crippen molar-refractivity contribution in [3.05, 3.63) is 72.3 Å². The summed E-state index contributed by atoms with van der Waals surface area (Å²) < 4.78 is 42.2. The zero-order valence-corrected chi connectivity index (χ0v) is 23.3. The molecule has 0 saturated carbocycles. The van der Waals surface area contributed by atoms with E-state index in [1.807, 2.05) is 0 Å². The monoisotopic (exact) mass is 598 g/mol. The minimum atomic E-state index is -0.917. The van der Waals surface area contributed by atoms with E-state index < -0.39 is 54.4 Å². The van der Waals surface area contributed by atoms with Crippen LogP contribution in [0, 0.1) is 0 Å². The molecule has 2 fully saturated rings. The first-order chi connectivity index (χ1) is 20.7. The number of fused-ring (bicyclic) bond motifs is 1. The van der Waals surface area contributed by atoms with Gasteiger partial charge in [-0.2, -0.15) is 0 Å². The average Bonchev–Trinajstić information content (AvgIpc) is 3.58. The predicted molar refractivity (Wildman–Crippen MR) is 144 cm³/mol. The van der Waals surface area contributed by atoms with Crippen LogP contribution in [0.5, 0.6) is 11.5 Å². The summed E-state index contributed by atoms with van der Waals surface area (Å²) in [5, 5.41) is 0. The molecule has 0 N–H and O–H groups in total. The molecular weight excluding hydrogens is 568 g/mol. The fourth-order valence-electron chi connectivity index (χ4n) is 4.25. The third-order valence-corrected chi connectivity index (χ3v) is 6.30. The van der Waals surface area contributed by atoms with Gasteiger partial charge in [-0.15, -0.1) is 0 Å². The molecule has 2 aromatic rings. The molecule has 2 heterocycles. The average molecular weight is 599 g/mol. The second kappa shape index (κ2) is 14.9. The zero-order chi connectivity index (χ0) is 30.8. The Morgan fingerprint density at radius 2 is 1.26 bits per heavy atom. The molecule has 4 rings (SSSR count). The van der Waals surface area contributed by atoms with Gasteiger partial charge >= 0.3 is 30.0 Å². The van der Waals surface area contributed by atoms with E-state index in [1.165, 1.54) is 55.5 Å². The Hall–Kier alpha value is -4.75. The van der Waals surface area contributed by atoms with Gasteiger partial charge in [-0.25, -0.2) is 19.2 Å². The summed E-state index contributed by atoms with van der Waals surface area (Å²) in [7, 11) is 0. The Morgan fingerprint density at radius 3 is 1.81 bits per heavy atom. The number of rotatable bonds is 12. The smallest absolute Gasteiger partial charge is 0.463 e. The fourth-order valence-corrected chi connectivity index (χ4v) is 4.25. The highest BCUT2D eigenvalue weighted by Crippen LogP contribution is 2.31. The van der Waals surface area contributed by atoms with Crippen molar-refractivity contribution in [2.45, 2.75) is 44.2 Å². The number of hydrogen-bond acceptors (Lipinski definition) is 13. The predicted octanol–water partition coefficient (Wildman–Crippen LogP) is 3.19. The molecule has 0 bridgehead atoms. The molecule has 4 atom stereocenters. The molecule has 13 heteroatoms. The van der Waals surface area contributed by atoms with Gasteiger partial charge < -0.3 is 37.9 Å². The van der Waals surface area contributed by atoms with Gasteiger partial charge in [-0.05, 0) is 61.4 Å². The maximum atomic E-state index is 12.7. The van der Waals surface area contributed by atoms with Crippen LogP contribution < -0.4 is 9.47 Å². The summed E-state index contributed by atoms with van der Waals surface area (Å²) >= 11 is 0. The molecule has 2 aliphatic heterocycles. The van der Waals surface area contributed by atoms with Crippen LogP contribution in [0.15, 0.2) is 61.2 Å². The molecule has 0 amide bonds. The summed E-state index contributed by atoms with van der Waals surface area (Å²) in [6.45, 7) is 5.12. The maximum absolute atomic E-state index is 12.7. The first kappa shape index (κ1) is 31.2. The van der Waals surface area contributed by atoms with Gasteiger partial charge in [0.2, 0.25) is 0 Å². The molecular formula is C30H30O13. The number of hydrogen-bond donors (Lipinski definition) is 0. The van der Waals surface area contributed by atoms with Crippen LogP contribution in [-0.4, -0.2) is 80.9 Å². The summed E-state index contributed by atoms with van der Waals surface area (Å²) in [5.74, 6) is -1.90. The maximum Gasteiger partial charge on any atom is 0.513 e. The minimum Gasteiger partial charge on any atom is -0.463 e. The highest BCUT2D eigenvalue weighted by Gasteiger charge is 2.51. The molecule has 0 aliphatic carbocycles. The van der Waals surface area contributed by atoms with Crippen LogP contribution in [-0.2, 0) is 38.0 Å². The Morgan fingerprint density at radius 1 is 0.744 bits per heavy atom. The van der Waals surface area contributed by atoms with Crippen molar-refractivity contribution in [2.75, 3.05) is 26.4 Å². The second-order valence-corrected chi connectivity index (χ2v) is 9.41. The van der Waals surface area contributed by atoms with E-state index in [1.54, 1.807) is 0 Å². The van der Waals surface area contributed by atoms with Crippen LogP contribution in [0.25, 0.3) is 0 Å². The number of esters is 4. The zero-order valence-electron chi connectivity index (χ0n) is 23.3. The first-order valence-corrected chi connectivity index (χ1v) is 13.4. The van der Waals surface area contributed by atoms with E-state index in [4.69, 9.17) is 37.9 Å². The Balaban J connectivity index is 1.19. The molecule has 2 aromatic carbocycles. The lowest BCUT2D eigenvalue weighted by Crippen LogP contribution is -2.35. The van der Waals surface area contributed by atoms with Crippen LogP contribution in [0.2, 0.25) is 0 Å². The number of carbonyl (C=O) groups is 5. The van der Waals surface area contributed by atoms with E-state index >= 15 is 0 Å². The SMILES string of the molecule is C=CC(=O)OCCCCOC(=O)Oc1ccc(C(=O)Oc2ccc(C(=O)O[C@@H]3COC4C(OC(C)=O)COC43)cc2)cc1.